The number of pyridine rings is 1. The predicted octanol–water partition coefficient (Wildman–Crippen LogP) is 3.55. The molecule has 29 heavy (non-hydrogen) atoms. The second-order valence-electron chi connectivity index (χ2n) is 7.34. The number of carbonyl (C=O) groups is 1. The highest BCUT2D eigenvalue weighted by Gasteiger charge is 2.22. The summed E-state index contributed by atoms with van der Waals surface area (Å²) in [6, 6.07) is 11.3. The molecule has 3 rings (SSSR count). The number of hydrogen-bond acceptors (Lipinski definition) is 3. The van der Waals surface area contributed by atoms with Crippen molar-refractivity contribution in [2.24, 2.45) is 5.92 Å². The van der Waals surface area contributed by atoms with Gasteiger partial charge in [-0.05, 0) is 54.9 Å². The molecule has 1 saturated carbocycles. The third kappa shape index (κ3) is 7.42. The van der Waals surface area contributed by atoms with E-state index < -0.39 is 11.0 Å². The molecule has 6 nitrogen and oxygen atoms in total. The van der Waals surface area contributed by atoms with Gasteiger partial charge in [-0.15, -0.1) is 0 Å². The lowest BCUT2D eigenvalue weighted by molar-refractivity contribution is 0.227. The van der Waals surface area contributed by atoms with Crippen molar-refractivity contribution in [3.05, 3.63) is 64.9 Å². The Kier molecular flexibility index (Phi) is 8.46. The van der Waals surface area contributed by atoms with Gasteiger partial charge in [0.25, 0.3) is 0 Å². The van der Waals surface area contributed by atoms with E-state index in [1.165, 1.54) is 0 Å². The highest BCUT2D eigenvalue weighted by atomic mass is 35.5. The van der Waals surface area contributed by atoms with Crippen LogP contribution in [0.3, 0.4) is 0 Å². The van der Waals surface area contributed by atoms with E-state index in [0.29, 0.717) is 23.2 Å². The summed E-state index contributed by atoms with van der Waals surface area (Å²) in [5, 5.41) is 6.57. The lowest BCUT2D eigenvalue weighted by Gasteiger charge is -2.29. The lowest BCUT2D eigenvalue weighted by atomic mass is 9.86. The van der Waals surface area contributed by atoms with Crippen LogP contribution in [0.5, 0.6) is 0 Å². The first-order valence-electron chi connectivity index (χ1n) is 9.88. The number of urea groups is 1. The number of carbonyl (C=O) groups excluding carboxylic acids is 1. The lowest BCUT2D eigenvalue weighted by Crippen LogP contribution is -2.44. The van der Waals surface area contributed by atoms with E-state index >= 15 is 0 Å². The van der Waals surface area contributed by atoms with Crippen LogP contribution in [0.2, 0.25) is 5.02 Å². The fourth-order valence-corrected chi connectivity index (χ4v) is 4.79. The van der Waals surface area contributed by atoms with Crippen molar-refractivity contribution in [3.8, 4) is 0 Å². The molecule has 1 aliphatic carbocycles. The Hall–Kier alpha value is -1.96. The van der Waals surface area contributed by atoms with Gasteiger partial charge in [0.1, 0.15) is 0 Å². The monoisotopic (exact) mass is 434 g/mol. The molecule has 0 radical (unpaired) electrons. The number of rotatable bonds is 8. The first-order valence-corrected chi connectivity index (χ1v) is 11.6. The average Bonchev–Trinajstić information content (AvgIpc) is 2.74. The molecule has 2 amide bonds. The van der Waals surface area contributed by atoms with Crippen molar-refractivity contribution in [2.45, 2.75) is 44.0 Å². The van der Waals surface area contributed by atoms with Gasteiger partial charge in [-0.2, -0.15) is 0 Å². The summed E-state index contributed by atoms with van der Waals surface area (Å²) in [4.78, 5) is 16.1. The van der Waals surface area contributed by atoms with E-state index in [4.69, 9.17) is 11.6 Å². The Morgan fingerprint density at radius 2 is 1.93 bits per heavy atom. The van der Waals surface area contributed by atoms with Crippen molar-refractivity contribution < 1.29 is 9.00 Å². The van der Waals surface area contributed by atoms with Crippen LogP contribution < -0.4 is 15.4 Å². The molecule has 156 valence electrons. The van der Waals surface area contributed by atoms with Crippen molar-refractivity contribution in [1.82, 2.24) is 20.3 Å². The smallest absolute Gasteiger partial charge is 0.315 e. The summed E-state index contributed by atoms with van der Waals surface area (Å²) in [6.07, 6.45) is 7.33. The Labute approximate surface area is 179 Å². The van der Waals surface area contributed by atoms with Crippen LogP contribution in [0.25, 0.3) is 0 Å². The van der Waals surface area contributed by atoms with Crippen LogP contribution in [-0.2, 0) is 23.3 Å². The van der Waals surface area contributed by atoms with Crippen molar-refractivity contribution in [2.75, 3.05) is 6.54 Å². The summed E-state index contributed by atoms with van der Waals surface area (Å²) >= 11 is 6.13. The largest absolute Gasteiger partial charge is 0.335 e. The van der Waals surface area contributed by atoms with E-state index in [0.717, 1.165) is 43.4 Å². The minimum Gasteiger partial charge on any atom is -0.335 e. The minimum atomic E-state index is -1.14. The minimum absolute atomic E-state index is 0.142. The number of nitrogens with zero attached hydrogens (tertiary/aromatic N) is 1. The van der Waals surface area contributed by atoms with E-state index in [1.54, 1.807) is 12.4 Å². The van der Waals surface area contributed by atoms with Crippen LogP contribution >= 0.6 is 11.6 Å². The number of hydrogen-bond donors (Lipinski definition) is 3. The molecule has 1 unspecified atom stereocenters. The standard InChI is InChI=1S/C21H27ClN4O2S/c22-20-6-2-1-5-18(20)15-29(28)25-14-16-7-9-19(10-8-16)26-21(27)24-13-17-4-3-11-23-12-17/h1-6,11-12,16,19,25H,7-10,13-15H2,(H2,24,26,27). The van der Waals surface area contributed by atoms with Gasteiger partial charge in [0, 0.05) is 36.5 Å². The maximum atomic E-state index is 12.3. The first-order chi connectivity index (χ1) is 14.1. The molecular weight excluding hydrogens is 408 g/mol. The maximum Gasteiger partial charge on any atom is 0.315 e. The van der Waals surface area contributed by atoms with E-state index in [-0.39, 0.29) is 12.1 Å². The number of aromatic nitrogens is 1. The Morgan fingerprint density at radius 3 is 2.66 bits per heavy atom. The van der Waals surface area contributed by atoms with Gasteiger partial charge in [0.05, 0.1) is 16.7 Å². The average molecular weight is 435 g/mol. The summed E-state index contributed by atoms with van der Waals surface area (Å²) in [5.41, 5.74) is 1.87. The molecule has 0 spiro atoms. The van der Waals surface area contributed by atoms with Gasteiger partial charge in [-0.25, -0.2) is 13.7 Å². The van der Waals surface area contributed by atoms with Gasteiger partial charge in [-0.3, -0.25) is 4.98 Å². The fraction of sp³-hybridized carbons (Fsp3) is 0.429. The molecule has 3 N–H and O–H groups in total. The molecule has 1 aromatic heterocycles. The highest BCUT2D eigenvalue weighted by molar-refractivity contribution is 7.82. The summed E-state index contributed by atoms with van der Waals surface area (Å²) in [5.74, 6) is 0.884. The van der Waals surface area contributed by atoms with Crippen LogP contribution in [0.4, 0.5) is 4.79 Å². The summed E-state index contributed by atoms with van der Waals surface area (Å²) in [6.45, 7) is 1.19. The van der Waals surface area contributed by atoms with Crippen molar-refractivity contribution in [3.63, 3.8) is 0 Å². The number of nitrogens with one attached hydrogen (secondary N) is 3. The zero-order chi connectivity index (χ0) is 20.5. The summed E-state index contributed by atoms with van der Waals surface area (Å²) in [7, 11) is -1.14. The first kappa shape index (κ1) is 21.7. The summed E-state index contributed by atoms with van der Waals surface area (Å²) < 4.78 is 15.4. The molecule has 8 heteroatoms. The molecule has 1 atom stereocenters. The quantitative estimate of drug-likeness (QED) is 0.594. The van der Waals surface area contributed by atoms with Gasteiger partial charge in [0.15, 0.2) is 0 Å². The second-order valence-corrected chi connectivity index (χ2v) is 9.01. The zero-order valence-electron chi connectivity index (χ0n) is 16.3. The predicted molar refractivity (Wildman–Crippen MR) is 117 cm³/mol. The maximum absolute atomic E-state index is 12.3. The molecule has 0 bridgehead atoms. The molecule has 0 aliphatic heterocycles. The molecule has 1 heterocycles. The zero-order valence-corrected chi connectivity index (χ0v) is 17.8. The Bertz CT molecular complexity index is 813. The van der Waals surface area contributed by atoms with Gasteiger partial charge < -0.3 is 10.6 Å². The molecule has 1 fully saturated rings. The van der Waals surface area contributed by atoms with Gasteiger partial charge in [0.2, 0.25) is 0 Å². The normalized spacial score (nSPS) is 20.0. The molecule has 2 aromatic rings. The van der Waals surface area contributed by atoms with Crippen LogP contribution in [-0.4, -0.2) is 27.8 Å². The highest BCUT2D eigenvalue weighted by Crippen LogP contribution is 2.24. The third-order valence-corrected chi connectivity index (χ3v) is 6.57. The van der Waals surface area contributed by atoms with Gasteiger partial charge >= 0.3 is 6.03 Å². The van der Waals surface area contributed by atoms with E-state index in [2.05, 4.69) is 20.3 Å². The topological polar surface area (TPSA) is 83.1 Å². The van der Waals surface area contributed by atoms with Crippen LogP contribution in [0, 0.1) is 5.92 Å². The van der Waals surface area contributed by atoms with E-state index in [1.807, 2.05) is 36.4 Å². The van der Waals surface area contributed by atoms with Gasteiger partial charge in [-0.1, -0.05) is 35.9 Å². The second kappa shape index (κ2) is 11.3. The Balaban J connectivity index is 1.31. The molecule has 1 aromatic carbocycles. The van der Waals surface area contributed by atoms with Crippen LogP contribution in [0.15, 0.2) is 48.8 Å². The van der Waals surface area contributed by atoms with Crippen molar-refractivity contribution >= 4 is 28.6 Å². The fourth-order valence-electron chi connectivity index (χ4n) is 3.45. The Morgan fingerprint density at radius 1 is 1.14 bits per heavy atom. The number of benzene rings is 1. The molecule has 0 saturated heterocycles. The SMILES string of the molecule is O=C(NCc1cccnc1)NC1CCC(CNS(=O)Cc2ccccc2Cl)CC1. The van der Waals surface area contributed by atoms with Crippen molar-refractivity contribution in [1.29, 1.82) is 0 Å². The molecular formula is C21H27ClN4O2S. The third-order valence-electron chi connectivity index (χ3n) is 5.14. The van der Waals surface area contributed by atoms with Crippen LogP contribution in [0.1, 0.15) is 36.8 Å². The molecule has 1 aliphatic rings. The number of halogens is 1. The van der Waals surface area contributed by atoms with E-state index in [9.17, 15) is 9.00 Å². The number of amides is 2.